The van der Waals surface area contributed by atoms with Crippen LogP contribution in [0.25, 0.3) is 0 Å². The first-order valence-corrected chi connectivity index (χ1v) is 8.36. The van der Waals surface area contributed by atoms with E-state index >= 15 is 0 Å². The predicted octanol–water partition coefficient (Wildman–Crippen LogP) is 2.19. The number of thioether (sulfide) groups is 1. The summed E-state index contributed by atoms with van der Waals surface area (Å²) >= 11 is 1.70. The Balaban J connectivity index is 2.22. The molecule has 1 aliphatic rings. The van der Waals surface area contributed by atoms with Gasteiger partial charge in [-0.05, 0) is 18.4 Å². The van der Waals surface area contributed by atoms with Gasteiger partial charge >= 0.3 is 5.97 Å². The van der Waals surface area contributed by atoms with Crippen molar-refractivity contribution in [1.29, 1.82) is 0 Å². The Morgan fingerprint density at radius 2 is 2.05 bits per heavy atom. The van der Waals surface area contributed by atoms with E-state index in [1.165, 1.54) is 7.11 Å². The highest BCUT2D eigenvalue weighted by molar-refractivity contribution is 7.99. The normalized spacial score (nSPS) is 17.2. The van der Waals surface area contributed by atoms with Gasteiger partial charge in [0.1, 0.15) is 0 Å². The van der Waals surface area contributed by atoms with Crippen LogP contribution in [0.5, 0.6) is 0 Å². The van der Waals surface area contributed by atoms with E-state index in [1.807, 2.05) is 30.3 Å². The third kappa shape index (κ3) is 4.22. The summed E-state index contributed by atoms with van der Waals surface area (Å²) in [5.41, 5.74) is 0.198. The molecule has 1 atom stereocenters. The van der Waals surface area contributed by atoms with Crippen molar-refractivity contribution < 1.29 is 14.3 Å². The molecule has 1 unspecified atom stereocenters. The van der Waals surface area contributed by atoms with Gasteiger partial charge in [0.25, 0.3) is 0 Å². The molecule has 4 nitrogen and oxygen atoms in total. The van der Waals surface area contributed by atoms with E-state index in [1.54, 1.807) is 18.9 Å². The van der Waals surface area contributed by atoms with Crippen molar-refractivity contribution in [3.8, 4) is 0 Å². The molecule has 0 heterocycles. The molecule has 1 saturated carbocycles. The van der Waals surface area contributed by atoms with Crippen LogP contribution in [-0.2, 0) is 19.8 Å². The van der Waals surface area contributed by atoms with Crippen LogP contribution in [0.2, 0.25) is 0 Å². The number of esters is 1. The van der Waals surface area contributed by atoms with Crippen LogP contribution in [0.3, 0.4) is 0 Å². The zero-order valence-corrected chi connectivity index (χ0v) is 13.4. The van der Waals surface area contributed by atoms with Crippen molar-refractivity contribution in [3.63, 3.8) is 0 Å². The molecule has 1 aliphatic carbocycles. The highest BCUT2D eigenvalue weighted by atomic mass is 32.2. The maximum atomic E-state index is 12.5. The zero-order valence-electron chi connectivity index (χ0n) is 12.6. The number of benzene rings is 1. The lowest BCUT2D eigenvalue weighted by molar-refractivity contribution is -0.148. The first-order chi connectivity index (χ1) is 10.2. The minimum Gasteiger partial charge on any atom is -0.467 e. The maximum Gasteiger partial charge on any atom is 0.331 e. The van der Waals surface area contributed by atoms with E-state index in [9.17, 15) is 4.79 Å². The average molecular weight is 309 g/mol. The minimum absolute atomic E-state index is 0.217. The van der Waals surface area contributed by atoms with Gasteiger partial charge < -0.3 is 9.47 Å². The van der Waals surface area contributed by atoms with Crippen LogP contribution < -0.4 is 5.32 Å². The van der Waals surface area contributed by atoms with Crippen LogP contribution in [-0.4, -0.2) is 44.3 Å². The Morgan fingerprint density at radius 3 is 2.62 bits per heavy atom. The highest BCUT2D eigenvalue weighted by Gasteiger charge is 2.44. The SMILES string of the molecule is COCCSCC(NC1CC1)(C(=O)OC)c1ccccc1. The number of nitrogens with one attached hydrogen (secondary N) is 1. The van der Waals surface area contributed by atoms with Gasteiger partial charge in [-0.3, -0.25) is 5.32 Å². The molecule has 0 spiro atoms. The Bertz CT molecular complexity index is 450. The molecule has 1 fully saturated rings. The molecule has 1 N–H and O–H groups in total. The summed E-state index contributed by atoms with van der Waals surface area (Å²) in [6.45, 7) is 0.681. The summed E-state index contributed by atoms with van der Waals surface area (Å²) in [4.78, 5) is 12.5. The largest absolute Gasteiger partial charge is 0.467 e. The average Bonchev–Trinajstić information content (AvgIpc) is 3.34. The quantitative estimate of drug-likeness (QED) is 0.560. The van der Waals surface area contributed by atoms with Crippen LogP contribution in [0.15, 0.2) is 30.3 Å². The van der Waals surface area contributed by atoms with Gasteiger partial charge in [-0.15, -0.1) is 0 Å². The predicted molar refractivity (Wildman–Crippen MR) is 85.5 cm³/mol. The van der Waals surface area contributed by atoms with E-state index in [2.05, 4.69) is 5.32 Å². The van der Waals surface area contributed by atoms with E-state index in [-0.39, 0.29) is 5.97 Å². The van der Waals surface area contributed by atoms with Crippen molar-refractivity contribution in [1.82, 2.24) is 5.32 Å². The van der Waals surface area contributed by atoms with Gasteiger partial charge in [0.2, 0.25) is 0 Å². The fraction of sp³-hybridized carbons (Fsp3) is 0.562. The molecule has 0 bridgehead atoms. The monoisotopic (exact) mass is 309 g/mol. The van der Waals surface area contributed by atoms with Crippen LogP contribution in [0, 0.1) is 0 Å². The Morgan fingerprint density at radius 1 is 1.33 bits per heavy atom. The van der Waals surface area contributed by atoms with E-state index in [4.69, 9.17) is 9.47 Å². The summed E-state index contributed by atoms with van der Waals surface area (Å²) in [5, 5.41) is 3.51. The van der Waals surface area contributed by atoms with Gasteiger partial charge in [0.15, 0.2) is 5.54 Å². The number of rotatable bonds is 9. The number of ether oxygens (including phenoxy) is 2. The molecule has 0 saturated heterocycles. The zero-order chi connectivity index (χ0) is 15.1. The van der Waals surface area contributed by atoms with E-state index in [0.29, 0.717) is 18.4 Å². The lowest BCUT2D eigenvalue weighted by atomic mass is 9.91. The van der Waals surface area contributed by atoms with E-state index in [0.717, 1.165) is 24.2 Å². The van der Waals surface area contributed by atoms with Gasteiger partial charge in [-0.1, -0.05) is 30.3 Å². The number of carbonyl (C=O) groups is 1. The number of hydrogen-bond donors (Lipinski definition) is 1. The first kappa shape index (κ1) is 16.3. The molecule has 0 amide bonds. The molecule has 1 aromatic carbocycles. The standard InChI is InChI=1S/C16H23NO3S/c1-19-10-11-21-12-16(15(18)20-2,17-14-8-9-14)13-6-4-3-5-7-13/h3-7,14,17H,8-12H2,1-2H3. The second-order valence-electron chi connectivity index (χ2n) is 5.23. The number of carbonyl (C=O) groups excluding carboxylic acids is 1. The molecular formula is C16H23NO3S. The molecule has 21 heavy (non-hydrogen) atoms. The molecule has 0 aromatic heterocycles. The smallest absolute Gasteiger partial charge is 0.331 e. The molecular weight excluding hydrogens is 286 g/mol. The fourth-order valence-electron chi connectivity index (χ4n) is 2.28. The minimum atomic E-state index is -0.768. The molecule has 116 valence electrons. The second kappa shape index (κ2) is 7.82. The fourth-order valence-corrected chi connectivity index (χ4v) is 3.39. The summed E-state index contributed by atoms with van der Waals surface area (Å²) in [6.07, 6.45) is 2.24. The lowest BCUT2D eigenvalue weighted by Gasteiger charge is -2.32. The maximum absolute atomic E-state index is 12.5. The van der Waals surface area contributed by atoms with Crippen LogP contribution in [0.4, 0.5) is 0 Å². The highest BCUT2D eigenvalue weighted by Crippen LogP contribution is 2.32. The Kier molecular flexibility index (Phi) is 6.08. The summed E-state index contributed by atoms with van der Waals surface area (Å²) < 4.78 is 10.2. The number of methoxy groups -OCH3 is 2. The number of hydrogen-bond acceptors (Lipinski definition) is 5. The summed E-state index contributed by atoms with van der Waals surface area (Å²) in [5.74, 6) is 1.28. The van der Waals surface area contributed by atoms with Crippen LogP contribution >= 0.6 is 11.8 Å². The summed E-state index contributed by atoms with van der Waals surface area (Å²) in [7, 11) is 3.14. The molecule has 0 aliphatic heterocycles. The molecule has 0 radical (unpaired) electrons. The third-order valence-electron chi connectivity index (χ3n) is 3.58. The lowest BCUT2D eigenvalue weighted by Crippen LogP contribution is -2.53. The first-order valence-electron chi connectivity index (χ1n) is 7.21. The van der Waals surface area contributed by atoms with Gasteiger partial charge in [0.05, 0.1) is 13.7 Å². The molecule has 2 rings (SSSR count). The third-order valence-corrected chi connectivity index (χ3v) is 4.67. The molecule has 5 heteroatoms. The Labute approximate surface area is 130 Å². The van der Waals surface area contributed by atoms with Crippen molar-refractivity contribution >= 4 is 17.7 Å². The molecule has 1 aromatic rings. The van der Waals surface area contributed by atoms with Gasteiger partial charge in [-0.2, -0.15) is 11.8 Å². The van der Waals surface area contributed by atoms with Crippen molar-refractivity contribution in [2.45, 2.75) is 24.4 Å². The van der Waals surface area contributed by atoms with Crippen molar-refractivity contribution in [3.05, 3.63) is 35.9 Å². The van der Waals surface area contributed by atoms with Crippen LogP contribution in [0.1, 0.15) is 18.4 Å². The van der Waals surface area contributed by atoms with Gasteiger partial charge in [-0.25, -0.2) is 4.79 Å². The topological polar surface area (TPSA) is 47.6 Å². The van der Waals surface area contributed by atoms with Gasteiger partial charge in [0, 0.05) is 24.7 Å². The van der Waals surface area contributed by atoms with E-state index < -0.39 is 5.54 Å². The second-order valence-corrected chi connectivity index (χ2v) is 6.33. The van der Waals surface area contributed by atoms with Crippen molar-refractivity contribution in [2.24, 2.45) is 0 Å². The van der Waals surface area contributed by atoms with Crippen molar-refractivity contribution in [2.75, 3.05) is 32.3 Å². The Hall–Kier alpha value is -1.04. The summed E-state index contributed by atoms with van der Waals surface area (Å²) in [6, 6.07) is 10.3.